The van der Waals surface area contributed by atoms with E-state index >= 15 is 0 Å². The van der Waals surface area contributed by atoms with Crippen LogP contribution in [0, 0.1) is 6.92 Å². The van der Waals surface area contributed by atoms with Gasteiger partial charge in [0.2, 0.25) is 0 Å². The fourth-order valence-corrected chi connectivity index (χ4v) is 1.88. The van der Waals surface area contributed by atoms with Crippen molar-refractivity contribution in [3.8, 4) is 0 Å². The summed E-state index contributed by atoms with van der Waals surface area (Å²) >= 11 is 0. The van der Waals surface area contributed by atoms with E-state index in [1.54, 1.807) is 0 Å². The number of nitrogens with one attached hydrogen (secondary N) is 1. The second kappa shape index (κ2) is 5.12. The average Bonchev–Trinajstić information content (AvgIpc) is 2.17. The first-order chi connectivity index (χ1) is 7.48. The zero-order valence-corrected chi connectivity index (χ0v) is 10.1. The lowest BCUT2D eigenvalue weighted by Gasteiger charge is -2.29. The largest absolute Gasteiger partial charge is 0.481 e. The van der Waals surface area contributed by atoms with Crippen LogP contribution in [0.4, 0.5) is 0 Å². The van der Waals surface area contributed by atoms with Crippen molar-refractivity contribution in [3.05, 3.63) is 35.4 Å². The molecule has 2 N–H and O–H groups in total. The minimum atomic E-state index is -0.788. The maximum Gasteiger partial charge on any atom is 0.305 e. The smallest absolute Gasteiger partial charge is 0.305 e. The molecule has 1 rings (SSSR count). The molecule has 0 radical (unpaired) electrons. The van der Waals surface area contributed by atoms with Crippen molar-refractivity contribution in [2.45, 2.75) is 32.7 Å². The maximum absolute atomic E-state index is 10.9. The highest BCUT2D eigenvalue weighted by Crippen LogP contribution is 2.24. The molecule has 16 heavy (non-hydrogen) atoms. The van der Waals surface area contributed by atoms with Gasteiger partial charge in [0.1, 0.15) is 0 Å². The maximum atomic E-state index is 10.9. The number of carbonyl (C=O) groups is 1. The molecule has 3 nitrogen and oxygen atoms in total. The van der Waals surface area contributed by atoms with Gasteiger partial charge in [-0.2, -0.15) is 0 Å². The van der Waals surface area contributed by atoms with E-state index in [4.69, 9.17) is 5.11 Å². The van der Waals surface area contributed by atoms with Gasteiger partial charge in [-0.25, -0.2) is 0 Å². The van der Waals surface area contributed by atoms with Crippen LogP contribution in [-0.4, -0.2) is 17.6 Å². The highest BCUT2D eigenvalue weighted by atomic mass is 16.4. The molecule has 1 aromatic carbocycles. The second-order valence-corrected chi connectivity index (χ2v) is 4.30. The quantitative estimate of drug-likeness (QED) is 0.802. The van der Waals surface area contributed by atoms with Crippen molar-refractivity contribution in [1.29, 1.82) is 0 Å². The molecule has 0 aromatic heterocycles. The molecule has 0 aliphatic heterocycles. The molecule has 0 bridgehead atoms. The standard InChI is InChI=1S/C13H19NO2/c1-4-14-13(3,9-12(15)16)11-7-5-10(2)6-8-11/h5-8,14H,4,9H2,1-3H3,(H,15,16). The van der Waals surface area contributed by atoms with Crippen LogP contribution < -0.4 is 5.32 Å². The fourth-order valence-electron chi connectivity index (χ4n) is 1.88. The molecule has 0 aliphatic rings. The lowest BCUT2D eigenvalue weighted by atomic mass is 9.88. The Morgan fingerprint density at radius 2 is 1.94 bits per heavy atom. The van der Waals surface area contributed by atoms with E-state index in [0.29, 0.717) is 0 Å². The predicted molar refractivity (Wildman–Crippen MR) is 64.5 cm³/mol. The van der Waals surface area contributed by atoms with Crippen molar-refractivity contribution >= 4 is 5.97 Å². The number of benzene rings is 1. The van der Waals surface area contributed by atoms with Crippen molar-refractivity contribution in [2.75, 3.05) is 6.54 Å². The number of hydrogen-bond acceptors (Lipinski definition) is 2. The summed E-state index contributed by atoms with van der Waals surface area (Å²) in [6.07, 6.45) is 0.0872. The predicted octanol–water partition coefficient (Wildman–Crippen LogP) is 2.29. The number of carboxylic acid groups (broad SMARTS) is 1. The Hall–Kier alpha value is -1.35. The number of aliphatic carboxylic acids is 1. The number of carboxylic acids is 1. The lowest BCUT2D eigenvalue weighted by molar-refractivity contribution is -0.138. The molecule has 3 heteroatoms. The average molecular weight is 221 g/mol. The summed E-state index contributed by atoms with van der Waals surface area (Å²) in [5, 5.41) is 12.2. The minimum absolute atomic E-state index is 0.0872. The van der Waals surface area contributed by atoms with Gasteiger partial charge in [0.25, 0.3) is 0 Å². The van der Waals surface area contributed by atoms with Crippen molar-refractivity contribution in [1.82, 2.24) is 5.32 Å². The molecular weight excluding hydrogens is 202 g/mol. The molecule has 1 atom stereocenters. The minimum Gasteiger partial charge on any atom is -0.481 e. The first-order valence-electron chi connectivity index (χ1n) is 5.52. The third kappa shape index (κ3) is 3.07. The Morgan fingerprint density at radius 3 is 2.38 bits per heavy atom. The van der Waals surface area contributed by atoms with Crippen LogP contribution in [0.25, 0.3) is 0 Å². The van der Waals surface area contributed by atoms with Crippen LogP contribution in [0.3, 0.4) is 0 Å². The molecule has 1 unspecified atom stereocenters. The monoisotopic (exact) mass is 221 g/mol. The molecule has 0 saturated heterocycles. The fraction of sp³-hybridized carbons (Fsp3) is 0.462. The summed E-state index contributed by atoms with van der Waals surface area (Å²) in [5.74, 6) is -0.788. The topological polar surface area (TPSA) is 49.3 Å². The van der Waals surface area contributed by atoms with E-state index in [0.717, 1.165) is 12.1 Å². The zero-order valence-electron chi connectivity index (χ0n) is 10.1. The van der Waals surface area contributed by atoms with E-state index in [1.165, 1.54) is 5.56 Å². The van der Waals surface area contributed by atoms with Gasteiger partial charge in [0.15, 0.2) is 0 Å². The molecule has 0 saturated carbocycles. The molecule has 1 aromatic rings. The molecule has 0 aliphatic carbocycles. The summed E-state index contributed by atoms with van der Waals surface area (Å²) in [7, 11) is 0. The number of hydrogen-bond donors (Lipinski definition) is 2. The Kier molecular flexibility index (Phi) is 4.07. The highest BCUT2D eigenvalue weighted by molar-refractivity contribution is 5.68. The summed E-state index contributed by atoms with van der Waals surface area (Å²) < 4.78 is 0. The van der Waals surface area contributed by atoms with Gasteiger partial charge in [0, 0.05) is 0 Å². The first-order valence-corrected chi connectivity index (χ1v) is 5.52. The third-order valence-electron chi connectivity index (χ3n) is 2.76. The van der Waals surface area contributed by atoms with E-state index in [1.807, 2.05) is 45.0 Å². The molecule has 0 heterocycles. The van der Waals surface area contributed by atoms with Gasteiger partial charge >= 0.3 is 5.97 Å². The molecule has 0 spiro atoms. The van der Waals surface area contributed by atoms with Crippen molar-refractivity contribution in [2.24, 2.45) is 0 Å². The lowest BCUT2D eigenvalue weighted by Crippen LogP contribution is -2.41. The summed E-state index contributed by atoms with van der Waals surface area (Å²) in [5.41, 5.74) is 1.70. The van der Waals surface area contributed by atoms with Gasteiger partial charge in [-0.1, -0.05) is 36.8 Å². The van der Waals surface area contributed by atoms with Crippen LogP contribution >= 0.6 is 0 Å². The van der Waals surface area contributed by atoms with Crippen LogP contribution in [0.1, 0.15) is 31.4 Å². The molecule has 0 amide bonds. The van der Waals surface area contributed by atoms with Crippen LogP contribution in [0.2, 0.25) is 0 Å². The van der Waals surface area contributed by atoms with E-state index in [2.05, 4.69) is 5.32 Å². The van der Waals surface area contributed by atoms with Crippen LogP contribution in [0.15, 0.2) is 24.3 Å². The molecule has 0 fully saturated rings. The van der Waals surface area contributed by atoms with Crippen LogP contribution in [-0.2, 0) is 10.3 Å². The van der Waals surface area contributed by atoms with E-state index in [9.17, 15) is 4.79 Å². The Bertz CT molecular complexity index is 359. The van der Waals surface area contributed by atoms with Gasteiger partial charge in [-0.05, 0) is 26.0 Å². The summed E-state index contributed by atoms with van der Waals surface area (Å²) in [6.45, 7) is 6.67. The third-order valence-corrected chi connectivity index (χ3v) is 2.76. The Morgan fingerprint density at radius 1 is 1.38 bits per heavy atom. The SMILES string of the molecule is CCNC(C)(CC(=O)O)c1ccc(C)cc1. The van der Waals surface area contributed by atoms with Gasteiger partial charge in [-0.15, -0.1) is 0 Å². The Balaban J connectivity index is 3.00. The molecule has 88 valence electrons. The van der Waals surface area contributed by atoms with Crippen molar-refractivity contribution in [3.63, 3.8) is 0 Å². The Labute approximate surface area is 96.5 Å². The normalized spacial score (nSPS) is 14.4. The number of rotatable bonds is 5. The summed E-state index contributed by atoms with van der Waals surface area (Å²) in [6, 6.07) is 7.99. The van der Waals surface area contributed by atoms with Crippen molar-refractivity contribution < 1.29 is 9.90 Å². The second-order valence-electron chi connectivity index (χ2n) is 4.30. The van der Waals surface area contributed by atoms with Gasteiger partial charge in [-0.3, -0.25) is 4.79 Å². The first kappa shape index (κ1) is 12.7. The summed E-state index contributed by atoms with van der Waals surface area (Å²) in [4.78, 5) is 10.9. The van der Waals surface area contributed by atoms with Gasteiger partial charge in [0.05, 0.1) is 12.0 Å². The van der Waals surface area contributed by atoms with E-state index in [-0.39, 0.29) is 6.42 Å². The van der Waals surface area contributed by atoms with Gasteiger partial charge < -0.3 is 10.4 Å². The zero-order chi connectivity index (χ0) is 12.2. The highest BCUT2D eigenvalue weighted by Gasteiger charge is 2.28. The molecular formula is C13H19NO2. The number of aryl methyl sites for hydroxylation is 1. The van der Waals surface area contributed by atoms with E-state index < -0.39 is 11.5 Å². The van der Waals surface area contributed by atoms with Crippen LogP contribution in [0.5, 0.6) is 0 Å².